The minimum atomic E-state index is -0.352. The van der Waals surface area contributed by atoms with Gasteiger partial charge in [-0.1, -0.05) is 12.1 Å². The van der Waals surface area contributed by atoms with E-state index < -0.39 is 0 Å². The molecule has 1 aromatic carbocycles. The minimum Gasteiger partial charge on any atom is -0.493 e. The van der Waals surface area contributed by atoms with Gasteiger partial charge < -0.3 is 15.2 Å². The molecule has 0 aliphatic heterocycles. The summed E-state index contributed by atoms with van der Waals surface area (Å²) in [6.07, 6.45) is 2.46. The first-order valence-corrected chi connectivity index (χ1v) is 6.35. The average Bonchev–Trinajstić information content (AvgIpc) is 2.77. The predicted molar refractivity (Wildman–Crippen MR) is 68.5 cm³/mol. The maximum absolute atomic E-state index is 11.1. The van der Waals surface area contributed by atoms with Gasteiger partial charge in [-0.3, -0.25) is 4.79 Å². The Kier molecular flexibility index (Phi) is 4.20. The molecule has 0 bridgehead atoms. The average molecular weight is 249 g/mol. The first kappa shape index (κ1) is 12.9. The van der Waals surface area contributed by atoms with E-state index in [1.54, 1.807) is 7.05 Å². The van der Waals surface area contributed by atoms with E-state index in [2.05, 4.69) is 5.32 Å². The van der Waals surface area contributed by atoms with E-state index in [-0.39, 0.29) is 12.0 Å². The van der Waals surface area contributed by atoms with Crippen LogP contribution in [0.15, 0.2) is 18.2 Å². The third-order valence-corrected chi connectivity index (χ3v) is 3.28. The van der Waals surface area contributed by atoms with Gasteiger partial charge in [0, 0.05) is 19.0 Å². The molecule has 1 aromatic rings. The minimum absolute atomic E-state index is 0.0345. The van der Waals surface area contributed by atoms with Gasteiger partial charge in [0.25, 0.3) is 0 Å². The van der Waals surface area contributed by atoms with E-state index in [4.69, 9.17) is 4.74 Å². The summed E-state index contributed by atoms with van der Waals surface area (Å²) in [5.41, 5.74) is 2.10. The number of aliphatic hydroxyl groups excluding tert-OH is 1. The van der Waals surface area contributed by atoms with E-state index in [1.165, 1.54) is 0 Å². The molecule has 0 radical (unpaired) electrons. The third kappa shape index (κ3) is 2.82. The largest absolute Gasteiger partial charge is 0.493 e. The number of rotatable bonds is 5. The van der Waals surface area contributed by atoms with Gasteiger partial charge in [-0.05, 0) is 30.9 Å². The van der Waals surface area contributed by atoms with Crippen molar-refractivity contribution >= 4 is 5.91 Å². The van der Waals surface area contributed by atoms with E-state index in [1.807, 2.05) is 18.2 Å². The molecule has 1 atom stereocenters. The summed E-state index contributed by atoms with van der Waals surface area (Å²) in [4.78, 5) is 11.1. The van der Waals surface area contributed by atoms with Crippen molar-refractivity contribution in [2.24, 2.45) is 0 Å². The summed E-state index contributed by atoms with van der Waals surface area (Å²) in [6, 6.07) is 5.78. The van der Waals surface area contributed by atoms with E-state index in [9.17, 15) is 9.90 Å². The van der Waals surface area contributed by atoms with Crippen LogP contribution in [0.25, 0.3) is 0 Å². The summed E-state index contributed by atoms with van der Waals surface area (Å²) < 4.78 is 5.70. The van der Waals surface area contributed by atoms with Crippen molar-refractivity contribution in [3.63, 3.8) is 0 Å². The number of hydrogen-bond donors (Lipinski definition) is 2. The first-order valence-electron chi connectivity index (χ1n) is 6.35. The summed E-state index contributed by atoms with van der Waals surface area (Å²) in [7, 11) is 1.63. The predicted octanol–water partition coefficient (Wildman–Crippen LogP) is 1.57. The zero-order valence-electron chi connectivity index (χ0n) is 10.6. The highest BCUT2D eigenvalue weighted by molar-refractivity contribution is 5.75. The zero-order chi connectivity index (χ0) is 13.0. The lowest BCUT2D eigenvalue weighted by atomic mass is 10.1. The molecule has 98 valence electrons. The molecule has 1 aliphatic carbocycles. The highest BCUT2D eigenvalue weighted by Gasteiger charge is 2.22. The summed E-state index contributed by atoms with van der Waals surface area (Å²) in [5.74, 6) is 0.883. The fourth-order valence-electron chi connectivity index (χ4n) is 2.27. The molecule has 0 fully saturated rings. The fraction of sp³-hybridized carbons (Fsp3) is 0.500. The van der Waals surface area contributed by atoms with Gasteiger partial charge >= 0.3 is 0 Å². The Labute approximate surface area is 107 Å². The van der Waals surface area contributed by atoms with Crippen LogP contribution in [0.3, 0.4) is 0 Å². The number of fused-ring (bicyclic) bond motifs is 1. The lowest BCUT2D eigenvalue weighted by Crippen LogP contribution is -2.18. The van der Waals surface area contributed by atoms with Crippen LogP contribution in [0.4, 0.5) is 0 Å². The highest BCUT2D eigenvalue weighted by Crippen LogP contribution is 2.36. The maximum Gasteiger partial charge on any atom is 0.219 e. The van der Waals surface area contributed by atoms with Crippen molar-refractivity contribution in [3.05, 3.63) is 29.3 Å². The molecule has 0 aromatic heterocycles. The van der Waals surface area contributed by atoms with Crippen molar-refractivity contribution in [1.82, 2.24) is 5.32 Å². The lowest BCUT2D eigenvalue weighted by Gasteiger charge is -2.11. The lowest BCUT2D eigenvalue weighted by molar-refractivity contribution is -0.120. The number of ether oxygens (including phenoxy) is 1. The standard InChI is InChI=1S/C14H19NO3/c1-15-14(17)6-3-9-18-13-5-2-4-10-11(13)7-8-12(10)16/h2,4-5,12,16H,3,6-9H2,1H3,(H,15,17). The number of benzene rings is 1. The van der Waals surface area contributed by atoms with Crippen LogP contribution in [-0.2, 0) is 11.2 Å². The van der Waals surface area contributed by atoms with Crippen LogP contribution in [-0.4, -0.2) is 24.7 Å². The van der Waals surface area contributed by atoms with Crippen LogP contribution < -0.4 is 10.1 Å². The van der Waals surface area contributed by atoms with Crippen LogP contribution in [0.5, 0.6) is 5.75 Å². The second kappa shape index (κ2) is 5.87. The van der Waals surface area contributed by atoms with Crippen LogP contribution in [0.1, 0.15) is 36.5 Å². The fourth-order valence-corrected chi connectivity index (χ4v) is 2.27. The number of aliphatic hydroxyl groups is 1. The van der Waals surface area contributed by atoms with Crippen molar-refractivity contribution in [3.8, 4) is 5.75 Å². The first-order chi connectivity index (χ1) is 8.72. The number of carbonyl (C=O) groups is 1. The van der Waals surface area contributed by atoms with Crippen LogP contribution in [0.2, 0.25) is 0 Å². The second-order valence-electron chi connectivity index (χ2n) is 4.50. The molecular weight excluding hydrogens is 230 g/mol. The monoisotopic (exact) mass is 249 g/mol. The van der Waals surface area contributed by atoms with Gasteiger partial charge in [-0.15, -0.1) is 0 Å². The summed E-state index contributed by atoms with van der Waals surface area (Å²) in [6.45, 7) is 0.528. The number of amides is 1. The molecule has 1 unspecified atom stereocenters. The summed E-state index contributed by atoms with van der Waals surface area (Å²) >= 11 is 0. The SMILES string of the molecule is CNC(=O)CCCOc1cccc2c1CCC2O. The van der Waals surface area contributed by atoms with Crippen LogP contribution >= 0.6 is 0 Å². The molecule has 1 amide bonds. The smallest absolute Gasteiger partial charge is 0.219 e. The normalized spacial score (nSPS) is 17.3. The molecule has 2 rings (SSSR count). The van der Waals surface area contributed by atoms with Gasteiger partial charge in [0.05, 0.1) is 12.7 Å². The van der Waals surface area contributed by atoms with Gasteiger partial charge in [-0.2, -0.15) is 0 Å². The molecule has 0 saturated heterocycles. The molecular formula is C14H19NO3. The molecule has 4 nitrogen and oxygen atoms in total. The zero-order valence-corrected chi connectivity index (χ0v) is 10.6. The molecule has 0 heterocycles. The Morgan fingerprint density at radius 2 is 2.39 bits per heavy atom. The number of carbonyl (C=O) groups excluding carboxylic acids is 1. The molecule has 2 N–H and O–H groups in total. The van der Waals surface area contributed by atoms with Crippen molar-refractivity contribution in [1.29, 1.82) is 0 Å². The Hall–Kier alpha value is -1.55. The third-order valence-electron chi connectivity index (χ3n) is 3.28. The Bertz CT molecular complexity index is 431. The maximum atomic E-state index is 11.1. The Balaban J connectivity index is 1.89. The number of nitrogens with one attached hydrogen (secondary N) is 1. The van der Waals surface area contributed by atoms with E-state index in [0.717, 1.165) is 29.7 Å². The molecule has 18 heavy (non-hydrogen) atoms. The van der Waals surface area contributed by atoms with Crippen LogP contribution in [0, 0.1) is 0 Å². The van der Waals surface area contributed by atoms with E-state index >= 15 is 0 Å². The Morgan fingerprint density at radius 3 is 3.17 bits per heavy atom. The van der Waals surface area contributed by atoms with Crippen molar-refractivity contribution < 1.29 is 14.6 Å². The summed E-state index contributed by atoms with van der Waals surface area (Å²) in [5, 5.41) is 12.4. The molecule has 4 heteroatoms. The Morgan fingerprint density at radius 1 is 1.56 bits per heavy atom. The van der Waals surface area contributed by atoms with Gasteiger partial charge in [0.2, 0.25) is 5.91 Å². The van der Waals surface area contributed by atoms with Gasteiger partial charge in [0.1, 0.15) is 5.75 Å². The van der Waals surface area contributed by atoms with E-state index in [0.29, 0.717) is 19.4 Å². The van der Waals surface area contributed by atoms with Gasteiger partial charge in [0.15, 0.2) is 0 Å². The highest BCUT2D eigenvalue weighted by atomic mass is 16.5. The molecule has 1 aliphatic rings. The number of hydrogen-bond acceptors (Lipinski definition) is 3. The molecule has 0 saturated carbocycles. The topological polar surface area (TPSA) is 58.6 Å². The van der Waals surface area contributed by atoms with Gasteiger partial charge in [-0.25, -0.2) is 0 Å². The van der Waals surface area contributed by atoms with Crippen molar-refractivity contribution in [2.75, 3.05) is 13.7 Å². The second-order valence-corrected chi connectivity index (χ2v) is 4.50. The quantitative estimate of drug-likeness (QED) is 0.779. The molecule has 0 spiro atoms. The van der Waals surface area contributed by atoms with Crippen molar-refractivity contribution in [2.45, 2.75) is 31.8 Å².